The van der Waals surface area contributed by atoms with E-state index in [2.05, 4.69) is 25.3 Å². The summed E-state index contributed by atoms with van der Waals surface area (Å²) in [5, 5.41) is 5.42. The van der Waals surface area contributed by atoms with Crippen LogP contribution in [0.25, 0.3) is 6.08 Å². The second-order valence-corrected chi connectivity index (χ2v) is 9.59. The molecule has 10 nitrogen and oxygen atoms in total. The molecule has 0 bridgehead atoms. The number of rotatable bonds is 8. The molecule has 0 aliphatic heterocycles. The van der Waals surface area contributed by atoms with Crippen molar-refractivity contribution in [1.29, 1.82) is 0 Å². The van der Waals surface area contributed by atoms with Gasteiger partial charge in [0.05, 0.1) is 19.1 Å². The van der Waals surface area contributed by atoms with Gasteiger partial charge in [-0.3, -0.25) is 10.1 Å². The summed E-state index contributed by atoms with van der Waals surface area (Å²) in [4.78, 5) is 20.4. The first-order valence-corrected chi connectivity index (χ1v) is 12.5. The van der Waals surface area contributed by atoms with Gasteiger partial charge in [0, 0.05) is 23.2 Å². The number of sulfonamides is 1. The van der Waals surface area contributed by atoms with Crippen LogP contribution >= 0.6 is 12.2 Å². The Morgan fingerprint density at radius 2 is 1.58 bits per heavy atom. The number of anilines is 2. The van der Waals surface area contributed by atoms with Crippen molar-refractivity contribution in [2.24, 2.45) is 0 Å². The fourth-order valence-electron chi connectivity index (χ4n) is 3.11. The summed E-state index contributed by atoms with van der Waals surface area (Å²) in [5.74, 6) is 0.677. The first-order chi connectivity index (χ1) is 17.1. The topological polar surface area (TPSA) is 132 Å². The van der Waals surface area contributed by atoms with Crippen LogP contribution < -0.4 is 24.8 Å². The van der Waals surface area contributed by atoms with E-state index in [0.717, 1.165) is 5.56 Å². The molecule has 0 saturated carbocycles. The van der Waals surface area contributed by atoms with Gasteiger partial charge in [-0.2, -0.15) is 0 Å². The lowest BCUT2D eigenvalue weighted by atomic mass is 10.2. The van der Waals surface area contributed by atoms with E-state index in [9.17, 15) is 13.2 Å². The lowest BCUT2D eigenvalue weighted by molar-refractivity contribution is -0.115. The van der Waals surface area contributed by atoms with E-state index in [1.807, 2.05) is 0 Å². The highest BCUT2D eigenvalue weighted by Gasteiger charge is 2.16. The minimum Gasteiger partial charge on any atom is -0.493 e. The van der Waals surface area contributed by atoms with Gasteiger partial charge in [0.25, 0.3) is 10.0 Å². The summed E-state index contributed by atoms with van der Waals surface area (Å²) in [6.07, 6.45) is 2.93. The number of hydrogen-bond acceptors (Lipinski definition) is 8. The third-order valence-electron chi connectivity index (χ3n) is 4.70. The van der Waals surface area contributed by atoms with Crippen molar-refractivity contribution in [2.45, 2.75) is 18.7 Å². The fourth-order valence-corrected chi connectivity index (χ4v) is 4.27. The number of ether oxygens (including phenoxy) is 2. The van der Waals surface area contributed by atoms with Crippen molar-refractivity contribution in [2.75, 3.05) is 24.3 Å². The lowest BCUT2D eigenvalue weighted by Gasteiger charge is -2.10. The Kier molecular flexibility index (Phi) is 8.56. The first kappa shape index (κ1) is 26.6. The smallest absolute Gasteiger partial charge is 0.264 e. The summed E-state index contributed by atoms with van der Waals surface area (Å²) >= 11 is 5.17. The predicted molar refractivity (Wildman–Crippen MR) is 142 cm³/mol. The Morgan fingerprint density at radius 3 is 2.19 bits per heavy atom. The average molecular weight is 528 g/mol. The number of amides is 1. The Morgan fingerprint density at radius 1 is 0.944 bits per heavy atom. The first-order valence-electron chi connectivity index (χ1n) is 10.6. The van der Waals surface area contributed by atoms with Crippen LogP contribution in [0.2, 0.25) is 0 Å². The van der Waals surface area contributed by atoms with Crippen molar-refractivity contribution in [1.82, 2.24) is 15.3 Å². The molecule has 0 atom stereocenters. The molecule has 3 rings (SSSR count). The zero-order valence-electron chi connectivity index (χ0n) is 20.0. The van der Waals surface area contributed by atoms with Crippen LogP contribution in [0.3, 0.4) is 0 Å². The van der Waals surface area contributed by atoms with Crippen LogP contribution in [-0.4, -0.2) is 43.6 Å². The molecule has 3 N–H and O–H groups in total. The van der Waals surface area contributed by atoms with Gasteiger partial charge < -0.3 is 14.8 Å². The van der Waals surface area contributed by atoms with Crippen molar-refractivity contribution < 1.29 is 22.7 Å². The van der Waals surface area contributed by atoms with Crippen LogP contribution in [0.1, 0.15) is 17.0 Å². The summed E-state index contributed by atoms with van der Waals surface area (Å²) in [6, 6.07) is 12.8. The van der Waals surface area contributed by atoms with Crippen molar-refractivity contribution in [3.05, 3.63) is 71.6 Å². The summed E-state index contributed by atoms with van der Waals surface area (Å²) in [5.41, 5.74) is 2.52. The van der Waals surface area contributed by atoms with E-state index in [0.29, 0.717) is 28.6 Å². The molecule has 0 saturated heterocycles. The summed E-state index contributed by atoms with van der Waals surface area (Å²) in [7, 11) is -0.817. The third-order valence-corrected chi connectivity index (χ3v) is 6.25. The number of hydrogen-bond donors (Lipinski definition) is 3. The Labute approximate surface area is 214 Å². The van der Waals surface area contributed by atoms with Crippen LogP contribution in [0, 0.1) is 13.8 Å². The largest absolute Gasteiger partial charge is 0.493 e. The number of carbonyl (C=O) groups is 1. The molecule has 0 spiro atoms. The summed E-state index contributed by atoms with van der Waals surface area (Å²) < 4.78 is 38.1. The molecule has 3 aromatic rings. The highest BCUT2D eigenvalue weighted by molar-refractivity contribution is 7.92. The molecule has 2 aromatic carbocycles. The molecule has 1 heterocycles. The molecule has 0 radical (unpaired) electrons. The number of methoxy groups -OCH3 is 2. The van der Waals surface area contributed by atoms with E-state index in [-0.39, 0.29) is 16.0 Å². The quantitative estimate of drug-likeness (QED) is 0.298. The van der Waals surface area contributed by atoms with Gasteiger partial charge in [-0.1, -0.05) is 6.07 Å². The van der Waals surface area contributed by atoms with E-state index in [1.54, 1.807) is 51.3 Å². The van der Waals surface area contributed by atoms with Gasteiger partial charge in [-0.05, 0) is 80.2 Å². The molecule has 12 heteroatoms. The molecule has 0 aliphatic rings. The second-order valence-electron chi connectivity index (χ2n) is 7.50. The van der Waals surface area contributed by atoms with E-state index in [4.69, 9.17) is 21.7 Å². The maximum atomic E-state index is 12.7. The highest BCUT2D eigenvalue weighted by atomic mass is 32.2. The predicted octanol–water partition coefficient (Wildman–Crippen LogP) is 3.44. The number of nitrogens with one attached hydrogen (secondary N) is 3. The average Bonchev–Trinajstić information content (AvgIpc) is 2.81. The second kappa shape index (κ2) is 11.6. The van der Waals surface area contributed by atoms with Gasteiger partial charge in [0.15, 0.2) is 16.6 Å². The van der Waals surface area contributed by atoms with Crippen LogP contribution in [0.15, 0.2) is 59.5 Å². The third kappa shape index (κ3) is 7.23. The Bertz CT molecular complexity index is 1390. The maximum absolute atomic E-state index is 12.7. The van der Waals surface area contributed by atoms with Gasteiger partial charge >= 0.3 is 0 Å². The number of aryl methyl sites for hydroxylation is 2. The molecular weight excluding hydrogens is 502 g/mol. The maximum Gasteiger partial charge on any atom is 0.264 e. The highest BCUT2D eigenvalue weighted by Crippen LogP contribution is 2.28. The molecule has 1 amide bonds. The minimum absolute atomic E-state index is 0.000250. The monoisotopic (exact) mass is 527 g/mol. The molecule has 188 valence electrons. The van der Waals surface area contributed by atoms with E-state index >= 15 is 0 Å². The number of nitrogens with zero attached hydrogens (tertiary/aromatic N) is 2. The van der Waals surface area contributed by atoms with Gasteiger partial charge in [0.1, 0.15) is 0 Å². The Hall–Kier alpha value is -4.03. The van der Waals surface area contributed by atoms with E-state index in [1.165, 1.54) is 37.5 Å². The fraction of sp³-hybridized carbons (Fsp3) is 0.167. The van der Waals surface area contributed by atoms with Crippen LogP contribution in [-0.2, 0) is 14.8 Å². The van der Waals surface area contributed by atoms with Crippen LogP contribution in [0.4, 0.5) is 11.6 Å². The SMILES string of the molecule is COc1ccc(/C=C/C(=O)NC(=S)Nc2ccc(S(=O)(=O)Nc3nc(C)cc(C)n3)cc2)cc1OC. The number of aromatic nitrogens is 2. The molecular formula is C24H25N5O5S2. The Balaban J connectivity index is 1.58. The summed E-state index contributed by atoms with van der Waals surface area (Å²) in [6.45, 7) is 3.50. The number of benzene rings is 2. The number of carbonyl (C=O) groups excluding carboxylic acids is 1. The molecule has 0 unspecified atom stereocenters. The normalized spacial score (nSPS) is 11.1. The molecule has 36 heavy (non-hydrogen) atoms. The zero-order valence-corrected chi connectivity index (χ0v) is 21.7. The van der Waals surface area contributed by atoms with Crippen LogP contribution in [0.5, 0.6) is 11.5 Å². The zero-order chi connectivity index (χ0) is 26.3. The molecule has 0 aliphatic carbocycles. The molecule has 0 fully saturated rings. The van der Waals surface area contributed by atoms with Crippen molar-refractivity contribution in [3.63, 3.8) is 0 Å². The van der Waals surface area contributed by atoms with Crippen molar-refractivity contribution >= 4 is 51.0 Å². The van der Waals surface area contributed by atoms with Gasteiger partial charge in [-0.25, -0.2) is 23.1 Å². The van der Waals surface area contributed by atoms with Gasteiger partial charge in [-0.15, -0.1) is 0 Å². The minimum atomic E-state index is -3.89. The number of thiocarbonyl (C=S) groups is 1. The van der Waals surface area contributed by atoms with Gasteiger partial charge in [0.2, 0.25) is 11.9 Å². The molecule has 1 aromatic heterocycles. The van der Waals surface area contributed by atoms with E-state index < -0.39 is 15.9 Å². The van der Waals surface area contributed by atoms with Crippen molar-refractivity contribution in [3.8, 4) is 11.5 Å². The standard InChI is InChI=1S/C24H25N5O5S2/c1-15-13-16(2)26-23(25-15)29-36(31,32)19-9-7-18(8-10-19)27-24(35)28-22(30)12-6-17-5-11-20(33-3)21(14-17)34-4/h5-14H,1-4H3,(H,25,26,29)(H2,27,28,30,35)/b12-6+. The lowest BCUT2D eigenvalue weighted by Crippen LogP contribution is -2.32.